The van der Waals surface area contributed by atoms with Gasteiger partial charge in [-0.15, -0.1) is 0 Å². The Kier molecular flexibility index (Phi) is 6.03. The quantitative estimate of drug-likeness (QED) is 0.617. The normalized spacial score (nSPS) is 11.1. The molecule has 0 fully saturated rings. The molecule has 29 heavy (non-hydrogen) atoms. The predicted molar refractivity (Wildman–Crippen MR) is 115 cm³/mol. The van der Waals surface area contributed by atoms with E-state index in [9.17, 15) is 13.2 Å². The standard InChI is InChI=1S/C23H24N2O3S/c1-18-16-20(23(26)24(2)17-19-10-6-4-7-11-19)14-15-22(18)25(3)29(27,28)21-12-8-5-9-13-21/h4-16H,17H2,1-3H3. The van der Waals surface area contributed by atoms with Crippen molar-refractivity contribution in [3.8, 4) is 0 Å². The van der Waals surface area contributed by atoms with Gasteiger partial charge in [-0.3, -0.25) is 9.10 Å². The Balaban J connectivity index is 1.82. The number of amides is 1. The van der Waals surface area contributed by atoms with E-state index in [1.807, 2.05) is 30.3 Å². The number of anilines is 1. The molecule has 0 saturated heterocycles. The molecule has 0 aliphatic rings. The summed E-state index contributed by atoms with van der Waals surface area (Å²) >= 11 is 0. The van der Waals surface area contributed by atoms with E-state index in [4.69, 9.17) is 0 Å². The summed E-state index contributed by atoms with van der Waals surface area (Å²) in [7, 11) is -0.391. The lowest BCUT2D eigenvalue weighted by molar-refractivity contribution is 0.0785. The lowest BCUT2D eigenvalue weighted by atomic mass is 10.1. The largest absolute Gasteiger partial charge is 0.337 e. The first-order valence-electron chi connectivity index (χ1n) is 9.24. The minimum Gasteiger partial charge on any atom is -0.337 e. The van der Waals surface area contributed by atoms with Crippen molar-refractivity contribution < 1.29 is 13.2 Å². The first-order chi connectivity index (χ1) is 13.8. The average molecular weight is 409 g/mol. The van der Waals surface area contributed by atoms with Crippen molar-refractivity contribution in [1.82, 2.24) is 4.90 Å². The Morgan fingerprint density at radius 3 is 2.03 bits per heavy atom. The number of carbonyl (C=O) groups is 1. The minimum atomic E-state index is -3.67. The fourth-order valence-corrected chi connectivity index (χ4v) is 4.45. The van der Waals surface area contributed by atoms with E-state index in [1.54, 1.807) is 67.4 Å². The van der Waals surface area contributed by atoms with Crippen LogP contribution in [-0.4, -0.2) is 33.3 Å². The zero-order valence-corrected chi connectivity index (χ0v) is 17.6. The molecule has 3 rings (SSSR count). The van der Waals surface area contributed by atoms with E-state index >= 15 is 0 Å². The van der Waals surface area contributed by atoms with Crippen LogP contribution in [0.2, 0.25) is 0 Å². The summed E-state index contributed by atoms with van der Waals surface area (Å²) in [5, 5.41) is 0. The zero-order chi connectivity index (χ0) is 21.0. The van der Waals surface area contributed by atoms with Gasteiger partial charge in [0.25, 0.3) is 15.9 Å². The second-order valence-electron chi connectivity index (χ2n) is 6.93. The number of nitrogens with zero attached hydrogens (tertiary/aromatic N) is 2. The maximum Gasteiger partial charge on any atom is 0.264 e. The van der Waals surface area contributed by atoms with Crippen molar-refractivity contribution in [2.24, 2.45) is 0 Å². The highest BCUT2D eigenvalue weighted by molar-refractivity contribution is 7.92. The number of carbonyl (C=O) groups excluding carboxylic acids is 1. The van der Waals surface area contributed by atoms with Gasteiger partial charge in [-0.2, -0.15) is 0 Å². The Morgan fingerprint density at radius 2 is 1.45 bits per heavy atom. The molecule has 0 spiro atoms. The maximum absolute atomic E-state index is 12.9. The van der Waals surface area contributed by atoms with Crippen molar-refractivity contribution in [3.05, 3.63) is 95.6 Å². The van der Waals surface area contributed by atoms with Gasteiger partial charge in [-0.05, 0) is 48.4 Å². The van der Waals surface area contributed by atoms with Gasteiger partial charge in [0.15, 0.2) is 0 Å². The molecule has 0 aromatic heterocycles. The van der Waals surface area contributed by atoms with Gasteiger partial charge in [-0.25, -0.2) is 8.42 Å². The number of hydrogen-bond donors (Lipinski definition) is 0. The molecule has 0 heterocycles. The summed E-state index contributed by atoms with van der Waals surface area (Å²) in [6.45, 7) is 2.31. The van der Waals surface area contributed by atoms with E-state index < -0.39 is 10.0 Å². The van der Waals surface area contributed by atoms with Gasteiger partial charge in [0.2, 0.25) is 0 Å². The molecule has 0 radical (unpaired) electrons. The summed E-state index contributed by atoms with van der Waals surface area (Å²) < 4.78 is 27.0. The molecular weight excluding hydrogens is 384 g/mol. The average Bonchev–Trinajstić information content (AvgIpc) is 2.74. The molecule has 0 aliphatic heterocycles. The highest BCUT2D eigenvalue weighted by Gasteiger charge is 2.23. The molecule has 3 aromatic rings. The Morgan fingerprint density at radius 1 is 0.862 bits per heavy atom. The minimum absolute atomic E-state index is 0.114. The summed E-state index contributed by atoms with van der Waals surface area (Å²) in [6, 6.07) is 23.1. The Labute approximate surface area is 172 Å². The van der Waals surface area contributed by atoms with Gasteiger partial charge in [-0.1, -0.05) is 48.5 Å². The molecule has 1 amide bonds. The topological polar surface area (TPSA) is 57.7 Å². The summed E-state index contributed by atoms with van der Waals surface area (Å²) in [6.07, 6.45) is 0. The van der Waals surface area contributed by atoms with E-state index in [-0.39, 0.29) is 10.8 Å². The third kappa shape index (κ3) is 4.49. The summed E-state index contributed by atoms with van der Waals surface area (Å²) in [5.74, 6) is -0.114. The molecule has 3 aromatic carbocycles. The van der Waals surface area contributed by atoms with Crippen LogP contribution in [0.1, 0.15) is 21.5 Å². The van der Waals surface area contributed by atoms with Crippen LogP contribution in [0.5, 0.6) is 0 Å². The monoisotopic (exact) mass is 408 g/mol. The first kappa shape index (κ1) is 20.6. The van der Waals surface area contributed by atoms with Crippen LogP contribution < -0.4 is 4.31 Å². The fourth-order valence-electron chi connectivity index (χ4n) is 3.17. The maximum atomic E-state index is 12.9. The molecule has 0 N–H and O–H groups in total. The van der Waals surface area contributed by atoms with Crippen molar-refractivity contribution in [2.45, 2.75) is 18.4 Å². The number of sulfonamides is 1. The smallest absolute Gasteiger partial charge is 0.264 e. The molecule has 0 bridgehead atoms. The molecule has 0 unspecified atom stereocenters. The highest BCUT2D eigenvalue weighted by Crippen LogP contribution is 2.26. The number of benzene rings is 3. The highest BCUT2D eigenvalue weighted by atomic mass is 32.2. The Bertz CT molecular complexity index is 1100. The molecule has 5 nitrogen and oxygen atoms in total. The van der Waals surface area contributed by atoms with Gasteiger partial charge in [0.1, 0.15) is 0 Å². The third-order valence-electron chi connectivity index (χ3n) is 4.79. The molecular formula is C23H24N2O3S. The molecule has 0 atom stereocenters. The second kappa shape index (κ2) is 8.49. The zero-order valence-electron chi connectivity index (χ0n) is 16.7. The second-order valence-corrected chi connectivity index (χ2v) is 8.90. The number of hydrogen-bond acceptors (Lipinski definition) is 3. The first-order valence-corrected chi connectivity index (χ1v) is 10.7. The van der Waals surface area contributed by atoms with Gasteiger partial charge in [0, 0.05) is 26.2 Å². The van der Waals surface area contributed by atoms with Crippen LogP contribution in [0.3, 0.4) is 0 Å². The van der Waals surface area contributed by atoms with E-state index in [0.29, 0.717) is 23.4 Å². The number of rotatable bonds is 6. The molecule has 150 valence electrons. The van der Waals surface area contributed by atoms with Crippen LogP contribution in [-0.2, 0) is 16.6 Å². The van der Waals surface area contributed by atoms with Gasteiger partial charge in [0.05, 0.1) is 10.6 Å². The van der Waals surface area contributed by atoms with Crippen molar-refractivity contribution >= 4 is 21.6 Å². The third-order valence-corrected chi connectivity index (χ3v) is 6.58. The van der Waals surface area contributed by atoms with Gasteiger partial charge >= 0.3 is 0 Å². The van der Waals surface area contributed by atoms with Crippen molar-refractivity contribution in [3.63, 3.8) is 0 Å². The summed E-state index contributed by atoms with van der Waals surface area (Å²) in [4.78, 5) is 14.7. The Hall–Kier alpha value is -3.12. The summed E-state index contributed by atoms with van der Waals surface area (Å²) in [5.41, 5.74) is 2.82. The molecule has 0 aliphatic carbocycles. The predicted octanol–water partition coefficient (Wildman–Crippen LogP) is 4.09. The van der Waals surface area contributed by atoms with Crippen molar-refractivity contribution in [1.29, 1.82) is 0 Å². The number of aryl methyl sites for hydroxylation is 1. The molecule has 6 heteroatoms. The van der Waals surface area contributed by atoms with Crippen LogP contribution >= 0.6 is 0 Å². The van der Waals surface area contributed by atoms with Gasteiger partial charge < -0.3 is 4.90 Å². The molecule has 0 saturated carbocycles. The van der Waals surface area contributed by atoms with E-state index in [2.05, 4.69) is 0 Å². The van der Waals surface area contributed by atoms with Crippen LogP contribution in [0.25, 0.3) is 0 Å². The fraction of sp³-hybridized carbons (Fsp3) is 0.174. The van der Waals surface area contributed by atoms with Crippen molar-refractivity contribution in [2.75, 3.05) is 18.4 Å². The van der Waals surface area contributed by atoms with E-state index in [0.717, 1.165) is 5.56 Å². The lowest BCUT2D eigenvalue weighted by Crippen LogP contribution is -2.28. The SMILES string of the molecule is Cc1cc(C(=O)N(C)Cc2ccccc2)ccc1N(C)S(=O)(=O)c1ccccc1. The van der Waals surface area contributed by atoms with Crippen LogP contribution in [0, 0.1) is 6.92 Å². The van der Waals surface area contributed by atoms with Crippen LogP contribution in [0.15, 0.2) is 83.8 Å². The lowest BCUT2D eigenvalue weighted by Gasteiger charge is -2.23. The van der Waals surface area contributed by atoms with Crippen LogP contribution in [0.4, 0.5) is 5.69 Å². The van der Waals surface area contributed by atoms with E-state index in [1.165, 1.54) is 11.4 Å².